The minimum atomic E-state index is -0.763. The number of carbonyl (C=O) groups excluding carboxylic acids is 3. The molecule has 0 radical (unpaired) electrons. The molecule has 0 bridgehead atoms. The first-order chi connectivity index (χ1) is 15.0. The average Bonchev–Trinajstić information content (AvgIpc) is 3.18. The maximum absolute atomic E-state index is 13.5. The Hall–Kier alpha value is -2.06. The van der Waals surface area contributed by atoms with Crippen LogP contribution in [0.3, 0.4) is 0 Å². The van der Waals surface area contributed by atoms with Crippen molar-refractivity contribution in [3.8, 4) is 0 Å². The Kier molecular flexibility index (Phi) is 7.25. The molecular formula is C24H35N3O4S. The number of fused-ring (bicyclic) bond motifs is 3. The number of benzene rings is 1. The standard InChI is InChI=1S/C24H35N3O4S/c1-7-14(4)17(12-28)25-20(29)18(13(2)3)26-21(30)19-24(5,6)32-23-16-11-9-8-10-15(16)22(31)27(19)23/h8-11,13-14,17-19,23,28H,7,12H2,1-6H3,(H,25,29)(H,26,30)/t14-,17-,18-,19+,23?/m0/s1. The molecule has 0 saturated carbocycles. The normalized spacial score (nSPS) is 24.0. The number of amides is 3. The maximum atomic E-state index is 13.5. The number of rotatable bonds is 8. The van der Waals surface area contributed by atoms with Crippen molar-refractivity contribution in [1.29, 1.82) is 0 Å². The van der Waals surface area contributed by atoms with Crippen LogP contribution in [-0.2, 0) is 9.59 Å². The zero-order valence-corrected chi connectivity index (χ0v) is 20.5. The van der Waals surface area contributed by atoms with Crippen molar-refractivity contribution >= 4 is 29.5 Å². The number of nitrogens with zero attached hydrogens (tertiary/aromatic N) is 1. The summed E-state index contributed by atoms with van der Waals surface area (Å²) in [6, 6.07) is 5.64. The molecule has 0 spiro atoms. The minimum Gasteiger partial charge on any atom is -0.394 e. The second kappa shape index (κ2) is 9.43. The Bertz CT molecular complexity index is 888. The largest absolute Gasteiger partial charge is 0.394 e. The molecule has 1 unspecified atom stereocenters. The highest BCUT2D eigenvalue weighted by atomic mass is 32.2. The molecule has 1 aromatic rings. The number of thioether (sulfide) groups is 1. The molecule has 8 heteroatoms. The van der Waals surface area contributed by atoms with Gasteiger partial charge in [-0.3, -0.25) is 14.4 Å². The van der Waals surface area contributed by atoms with E-state index in [-0.39, 0.29) is 47.6 Å². The Morgan fingerprint density at radius 1 is 1.19 bits per heavy atom. The van der Waals surface area contributed by atoms with E-state index < -0.39 is 16.8 Å². The summed E-state index contributed by atoms with van der Waals surface area (Å²) in [5.41, 5.74) is 1.57. The fourth-order valence-electron chi connectivity index (χ4n) is 4.50. The van der Waals surface area contributed by atoms with E-state index in [2.05, 4.69) is 10.6 Å². The fraction of sp³-hybridized carbons (Fsp3) is 0.625. The van der Waals surface area contributed by atoms with Crippen LogP contribution < -0.4 is 10.6 Å². The van der Waals surface area contributed by atoms with Crippen LogP contribution in [0.15, 0.2) is 24.3 Å². The van der Waals surface area contributed by atoms with Crippen molar-refractivity contribution in [3.05, 3.63) is 35.4 Å². The van der Waals surface area contributed by atoms with Gasteiger partial charge < -0.3 is 20.6 Å². The highest BCUT2D eigenvalue weighted by Gasteiger charge is 2.57. The Morgan fingerprint density at radius 2 is 1.84 bits per heavy atom. The predicted molar refractivity (Wildman–Crippen MR) is 126 cm³/mol. The van der Waals surface area contributed by atoms with Crippen molar-refractivity contribution in [2.75, 3.05) is 6.61 Å². The maximum Gasteiger partial charge on any atom is 0.256 e. The van der Waals surface area contributed by atoms with Gasteiger partial charge in [-0.25, -0.2) is 0 Å². The van der Waals surface area contributed by atoms with Gasteiger partial charge in [0.2, 0.25) is 11.8 Å². The molecule has 5 atom stereocenters. The van der Waals surface area contributed by atoms with Crippen molar-refractivity contribution in [3.63, 3.8) is 0 Å². The summed E-state index contributed by atoms with van der Waals surface area (Å²) in [7, 11) is 0. The average molecular weight is 462 g/mol. The highest BCUT2D eigenvalue weighted by Crippen LogP contribution is 2.56. The van der Waals surface area contributed by atoms with Gasteiger partial charge in [-0.2, -0.15) is 0 Å². The van der Waals surface area contributed by atoms with Gasteiger partial charge >= 0.3 is 0 Å². The fourth-order valence-corrected chi connectivity index (χ4v) is 6.09. The summed E-state index contributed by atoms with van der Waals surface area (Å²) < 4.78 is -0.514. The second-order valence-electron chi connectivity index (χ2n) is 9.69. The third kappa shape index (κ3) is 4.39. The van der Waals surface area contributed by atoms with Gasteiger partial charge in [0, 0.05) is 10.3 Å². The molecule has 176 valence electrons. The van der Waals surface area contributed by atoms with E-state index in [1.165, 1.54) is 0 Å². The molecule has 2 heterocycles. The molecule has 0 aliphatic carbocycles. The lowest BCUT2D eigenvalue weighted by Gasteiger charge is -2.32. The molecular weight excluding hydrogens is 426 g/mol. The third-order valence-corrected chi connectivity index (χ3v) is 8.18. The topological polar surface area (TPSA) is 98.7 Å². The summed E-state index contributed by atoms with van der Waals surface area (Å²) >= 11 is 1.60. The summed E-state index contributed by atoms with van der Waals surface area (Å²) in [6.07, 6.45) is 0.816. The smallest absolute Gasteiger partial charge is 0.256 e. The van der Waals surface area contributed by atoms with E-state index in [1.54, 1.807) is 22.7 Å². The molecule has 3 rings (SSSR count). The number of aliphatic hydroxyl groups is 1. The van der Waals surface area contributed by atoms with Gasteiger partial charge in [-0.15, -0.1) is 11.8 Å². The molecule has 0 aromatic heterocycles. The van der Waals surface area contributed by atoms with Crippen LogP contribution in [0.25, 0.3) is 0 Å². The van der Waals surface area contributed by atoms with Crippen LogP contribution in [-0.4, -0.2) is 57.2 Å². The molecule has 1 saturated heterocycles. The van der Waals surface area contributed by atoms with E-state index in [1.807, 2.05) is 59.7 Å². The van der Waals surface area contributed by atoms with Crippen molar-refractivity contribution in [1.82, 2.24) is 15.5 Å². The predicted octanol–water partition coefficient (Wildman–Crippen LogP) is 2.70. The summed E-state index contributed by atoms with van der Waals surface area (Å²) in [6.45, 7) is 11.5. The Morgan fingerprint density at radius 3 is 2.44 bits per heavy atom. The first-order valence-electron chi connectivity index (χ1n) is 11.3. The van der Waals surface area contributed by atoms with Gasteiger partial charge in [-0.1, -0.05) is 52.3 Å². The monoisotopic (exact) mass is 461 g/mol. The number of nitrogens with one attached hydrogen (secondary N) is 2. The Labute approximate surface area is 194 Å². The lowest BCUT2D eigenvalue weighted by molar-refractivity contribution is -0.133. The first kappa shape index (κ1) is 24.6. The van der Waals surface area contributed by atoms with E-state index in [0.29, 0.717) is 5.56 Å². The lowest BCUT2D eigenvalue weighted by atomic mass is 9.96. The SMILES string of the molecule is CC[C@H](C)[C@H](CO)NC(=O)[C@@H](NC(=O)[C@H]1N2C(=O)c3ccccc3C2SC1(C)C)C(C)C. The van der Waals surface area contributed by atoms with Gasteiger partial charge in [0.25, 0.3) is 5.91 Å². The van der Waals surface area contributed by atoms with Crippen molar-refractivity contribution < 1.29 is 19.5 Å². The molecule has 7 nitrogen and oxygen atoms in total. The Balaban J connectivity index is 1.81. The molecule has 1 fully saturated rings. The van der Waals surface area contributed by atoms with E-state index >= 15 is 0 Å². The number of hydrogen-bond acceptors (Lipinski definition) is 5. The molecule has 3 amide bonds. The van der Waals surface area contributed by atoms with Gasteiger partial charge in [-0.05, 0) is 37.3 Å². The van der Waals surface area contributed by atoms with E-state index in [4.69, 9.17) is 0 Å². The first-order valence-corrected chi connectivity index (χ1v) is 12.2. The number of aliphatic hydroxyl groups excluding tert-OH is 1. The zero-order chi connectivity index (χ0) is 23.8. The lowest BCUT2D eigenvalue weighted by Crippen LogP contribution is -2.59. The van der Waals surface area contributed by atoms with Crippen molar-refractivity contribution in [2.24, 2.45) is 11.8 Å². The summed E-state index contributed by atoms with van der Waals surface area (Å²) in [5, 5.41) is 15.3. The second-order valence-corrected chi connectivity index (χ2v) is 11.4. The number of hydrogen-bond donors (Lipinski definition) is 3. The zero-order valence-electron chi connectivity index (χ0n) is 19.7. The van der Waals surface area contributed by atoms with E-state index in [9.17, 15) is 19.5 Å². The van der Waals surface area contributed by atoms with Crippen LogP contribution in [0.5, 0.6) is 0 Å². The quantitative estimate of drug-likeness (QED) is 0.553. The van der Waals surface area contributed by atoms with Crippen LogP contribution in [0.1, 0.15) is 69.3 Å². The minimum absolute atomic E-state index is 0.110. The van der Waals surface area contributed by atoms with E-state index in [0.717, 1.165) is 12.0 Å². The van der Waals surface area contributed by atoms with Crippen LogP contribution in [0.2, 0.25) is 0 Å². The molecule has 2 aliphatic rings. The highest BCUT2D eigenvalue weighted by molar-refractivity contribution is 8.01. The van der Waals surface area contributed by atoms with Crippen LogP contribution in [0.4, 0.5) is 0 Å². The summed E-state index contributed by atoms with van der Waals surface area (Å²) in [4.78, 5) is 41.4. The number of carbonyl (C=O) groups is 3. The van der Waals surface area contributed by atoms with Crippen molar-refractivity contribution in [2.45, 2.75) is 76.2 Å². The van der Waals surface area contributed by atoms with Gasteiger partial charge in [0.05, 0.1) is 12.6 Å². The van der Waals surface area contributed by atoms with Gasteiger partial charge in [0.15, 0.2) is 0 Å². The summed E-state index contributed by atoms with van der Waals surface area (Å²) in [5.74, 6) is -0.840. The molecule has 32 heavy (non-hydrogen) atoms. The molecule has 3 N–H and O–H groups in total. The molecule has 2 aliphatic heterocycles. The van der Waals surface area contributed by atoms with Crippen LogP contribution >= 0.6 is 11.8 Å². The van der Waals surface area contributed by atoms with Gasteiger partial charge in [0.1, 0.15) is 17.5 Å². The van der Waals surface area contributed by atoms with Crippen LogP contribution in [0, 0.1) is 11.8 Å². The molecule has 1 aromatic carbocycles. The third-order valence-electron chi connectivity index (χ3n) is 6.65.